The Labute approximate surface area is 148 Å². The molecule has 1 unspecified atom stereocenters. The van der Waals surface area contributed by atoms with Crippen LogP contribution >= 0.6 is 0 Å². The minimum Gasteiger partial charge on any atom is -0.457 e. The number of unbranched alkanes of at least 4 members (excludes halogenated alkanes) is 3. The molecule has 0 aliphatic rings. The zero-order chi connectivity index (χ0) is 18.1. The number of halogens is 1. The summed E-state index contributed by atoms with van der Waals surface area (Å²) in [5, 5.41) is 2.96. The SMILES string of the molecule is CCCCCCC(C)NC(=O)C=Cc1ccc(-c2ccc(F)cc2)o1. The lowest BCUT2D eigenvalue weighted by Crippen LogP contribution is -2.30. The predicted molar refractivity (Wildman–Crippen MR) is 99.5 cm³/mol. The quantitative estimate of drug-likeness (QED) is 0.477. The van der Waals surface area contributed by atoms with Gasteiger partial charge in [0.25, 0.3) is 0 Å². The fraction of sp³-hybridized carbons (Fsp3) is 0.381. The number of hydrogen-bond donors (Lipinski definition) is 1. The molecule has 3 nitrogen and oxygen atoms in total. The van der Waals surface area contributed by atoms with Gasteiger partial charge in [0.15, 0.2) is 0 Å². The third-order valence-electron chi connectivity index (χ3n) is 4.03. The van der Waals surface area contributed by atoms with E-state index in [1.165, 1.54) is 37.5 Å². The maximum Gasteiger partial charge on any atom is 0.244 e. The molecule has 1 aromatic carbocycles. The Morgan fingerprint density at radius 1 is 1.16 bits per heavy atom. The Bertz CT molecular complexity index is 688. The maximum atomic E-state index is 13.0. The lowest BCUT2D eigenvalue weighted by atomic mass is 10.1. The summed E-state index contributed by atoms with van der Waals surface area (Å²) >= 11 is 0. The molecule has 25 heavy (non-hydrogen) atoms. The molecule has 1 atom stereocenters. The molecule has 1 aromatic heterocycles. The lowest BCUT2D eigenvalue weighted by molar-refractivity contribution is -0.117. The van der Waals surface area contributed by atoms with Crippen molar-refractivity contribution in [2.45, 2.75) is 52.0 Å². The second-order valence-corrected chi connectivity index (χ2v) is 6.30. The summed E-state index contributed by atoms with van der Waals surface area (Å²) in [5.41, 5.74) is 0.797. The highest BCUT2D eigenvalue weighted by atomic mass is 19.1. The Kier molecular flexibility index (Phi) is 7.45. The fourth-order valence-corrected chi connectivity index (χ4v) is 2.61. The van der Waals surface area contributed by atoms with Crippen molar-refractivity contribution in [3.05, 3.63) is 54.1 Å². The van der Waals surface area contributed by atoms with Gasteiger partial charge >= 0.3 is 0 Å². The highest BCUT2D eigenvalue weighted by molar-refractivity contribution is 5.91. The van der Waals surface area contributed by atoms with Crippen LogP contribution in [-0.4, -0.2) is 11.9 Å². The number of carbonyl (C=O) groups is 1. The van der Waals surface area contributed by atoms with Gasteiger partial charge in [-0.3, -0.25) is 4.79 Å². The summed E-state index contributed by atoms with van der Waals surface area (Å²) in [7, 11) is 0. The number of hydrogen-bond acceptors (Lipinski definition) is 2. The van der Waals surface area contributed by atoms with Crippen LogP contribution < -0.4 is 5.32 Å². The van der Waals surface area contributed by atoms with E-state index in [1.807, 2.05) is 6.92 Å². The monoisotopic (exact) mass is 343 g/mol. The first kappa shape index (κ1) is 19.0. The third-order valence-corrected chi connectivity index (χ3v) is 4.03. The maximum absolute atomic E-state index is 13.0. The summed E-state index contributed by atoms with van der Waals surface area (Å²) in [6, 6.07) is 9.87. The summed E-state index contributed by atoms with van der Waals surface area (Å²) < 4.78 is 18.6. The smallest absolute Gasteiger partial charge is 0.244 e. The van der Waals surface area contributed by atoms with E-state index in [4.69, 9.17) is 4.42 Å². The van der Waals surface area contributed by atoms with Crippen molar-refractivity contribution in [3.63, 3.8) is 0 Å². The van der Waals surface area contributed by atoms with Crippen molar-refractivity contribution >= 4 is 12.0 Å². The summed E-state index contributed by atoms with van der Waals surface area (Å²) in [5.74, 6) is 0.827. The average molecular weight is 343 g/mol. The molecule has 0 bridgehead atoms. The number of benzene rings is 1. The summed E-state index contributed by atoms with van der Waals surface area (Å²) in [6.07, 6.45) is 8.93. The van der Waals surface area contributed by atoms with Crippen molar-refractivity contribution in [1.29, 1.82) is 0 Å². The second-order valence-electron chi connectivity index (χ2n) is 6.30. The van der Waals surface area contributed by atoms with Gasteiger partial charge in [-0.25, -0.2) is 4.39 Å². The molecule has 0 saturated carbocycles. The number of amides is 1. The van der Waals surface area contributed by atoms with E-state index in [2.05, 4.69) is 12.2 Å². The first-order valence-corrected chi connectivity index (χ1v) is 8.93. The molecular weight excluding hydrogens is 317 g/mol. The van der Waals surface area contributed by atoms with E-state index in [0.717, 1.165) is 18.4 Å². The highest BCUT2D eigenvalue weighted by Gasteiger charge is 2.06. The first-order chi connectivity index (χ1) is 12.1. The number of nitrogens with one attached hydrogen (secondary N) is 1. The van der Waals surface area contributed by atoms with E-state index in [9.17, 15) is 9.18 Å². The van der Waals surface area contributed by atoms with Gasteiger partial charge in [0.05, 0.1) is 0 Å². The topological polar surface area (TPSA) is 42.2 Å². The molecule has 0 spiro atoms. The third kappa shape index (κ3) is 6.57. The number of furan rings is 1. The van der Waals surface area contributed by atoms with Crippen LogP contribution in [0.3, 0.4) is 0 Å². The van der Waals surface area contributed by atoms with Crippen LogP contribution in [0.15, 0.2) is 46.9 Å². The van der Waals surface area contributed by atoms with Crippen LogP contribution in [0.4, 0.5) is 4.39 Å². The van der Waals surface area contributed by atoms with E-state index < -0.39 is 0 Å². The van der Waals surface area contributed by atoms with Crippen LogP contribution in [0.1, 0.15) is 51.7 Å². The molecule has 1 amide bonds. The van der Waals surface area contributed by atoms with E-state index in [0.29, 0.717) is 11.5 Å². The molecule has 1 N–H and O–H groups in total. The highest BCUT2D eigenvalue weighted by Crippen LogP contribution is 2.23. The van der Waals surface area contributed by atoms with Gasteiger partial charge < -0.3 is 9.73 Å². The van der Waals surface area contributed by atoms with Crippen molar-refractivity contribution in [3.8, 4) is 11.3 Å². The summed E-state index contributed by atoms with van der Waals surface area (Å²) in [6.45, 7) is 4.21. The second kappa shape index (κ2) is 9.82. The molecule has 0 saturated heterocycles. The van der Waals surface area contributed by atoms with Gasteiger partial charge in [-0.2, -0.15) is 0 Å². The Hall–Kier alpha value is -2.36. The Morgan fingerprint density at radius 2 is 1.92 bits per heavy atom. The Morgan fingerprint density at radius 3 is 2.64 bits per heavy atom. The van der Waals surface area contributed by atoms with Gasteiger partial charge in [-0.1, -0.05) is 32.6 Å². The normalized spacial score (nSPS) is 12.4. The van der Waals surface area contributed by atoms with Gasteiger partial charge in [-0.15, -0.1) is 0 Å². The molecular formula is C21H26FNO2. The van der Waals surface area contributed by atoms with Crippen LogP contribution in [0.5, 0.6) is 0 Å². The van der Waals surface area contributed by atoms with Crippen LogP contribution in [0.25, 0.3) is 17.4 Å². The molecule has 0 aliphatic heterocycles. The zero-order valence-electron chi connectivity index (χ0n) is 14.9. The van der Waals surface area contributed by atoms with Gasteiger partial charge in [-0.05, 0) is 55.8 Å². The molecule has 4 heteroatoms. The van der Waals surface area contributed by atoms with Crippen LogP contribution in [0, 0.1) is 5.82 Å². The van der Waals surface area contributed by atoms with Crippen molar-refractivity contribution in [2.24, 2.45) is 0 Å². The van der Waals surface area contributed by atoms with E-state index in [1.54, 1.807) is 30.3 Å². The van der Waals surface area contributed by atoms with E-state index in [-0.39, 0.29) is 17.8 Å². The minimum atomic E-state index is -0.282. The average Bonchev–Trinajstić information content (AvgIpc) is 3.06. The number of rotatable bonds is 9. The Balaban J connectivity index is 1.83. The molecule has 1 heterocycles. The molecule has 2 rings (SSSR count). The van der Waals surface area contributed by atoms with Crippen LogP contribution in [-0.2, 0) is 4.79 Å². The van der Waals surface area contributed by atoms with Crippen molar-refractivity contribution in [2.75, 3.05) is 0 Å². The largest absolute Gasteiger partial charge is 0.457 e. The standard InChI is InChI=1S/C21H26FNO2/c1-3-4-5-6-7-16(2)23-21(24)15-13-19-12-14-20(25-19)17-8-10-18(22)11-9-17/h8-16H,3-7H2,1-2H3,(H,23,24). The molecule has 2 aromatic rings. The lowest BCUT2D eigenvalue weighted by Gasteiger charge is -2.11. The van der Waals surface area contributed by atoms with Crippen LogP contribution in [0.2, 0.25) is 0 Å². The molecule has 0 aliphatic carbocycles. The summed E-state index contributed by atoms with van der Waals surface area (Å²) in [4.78, 5) is 11.9. The predicted octanol–water partition coefficient (Wildman–Crippen LogP) is 5.57. The zero-order valence-corrected chi connectivity index (χ0v) is 14.9. The fourth-order valence-electron chi connectivity index (χ4n) is 2.61. The van der Waals surface area contributed by atoms with Gasteiger partial charge in [0.1, 0.15) is 17.3 Å². The molecule has 0 fully saturated rings. The molecule has 0 radical (unpaired) electrons. The van der Waals surface area contributed by atoms with Crippen molar-refractivity contribution < 1.29 is 13.6 Å². The first-order valence-electron chi connectivity index (χ1n) is 8.93. The van der Waals surface area contributed by atoms with Gasteiger partial charge in [0, 0.05) is 17.7 Å². The minimum absolute atomic E-state index is 0.122. The van der Waals surface area contributed by atoms with Gasteiger partial charge in [0.2, 0.25) is 5.91 Å². The van der Waals surface area contributed by atoms with Crippen molar-refractivity contribution in [1.82, 2.24) is 5.32 Å². The molecule has 134 valence electrons. The number of carbonyl (C=O) groups excluding carboxylic acids is 1. The van der Waals surface area contributed by atoms with E-state index >= 15 is 0 Å².